The summed E-state index contributed by atoms with van der Waals surface area (Å²) in [5.74, 6) is 1.87. The van der Waals surface area contributed by atoms with Crippen LogP contribution in [0.15, 0.2) is 65.1 Å². The van der Waals surface area contributed by atoms with Gasteiger partial charge in [-0.15, -0.1) is 0 Å². The highest BCUT2D eigenvalue weighted by atomic mass is 19.1. The van der Waals surface area contributed by atoms with Crippen LogP contribution in [0.5, 0.6) is 5.75 Å². The molecule has 1 atom stereocenters. The van der Waals surface area contributed by atoms with E-state index in [1.165, 1.54) is 11.6 Å². The lowest BCUT2D eigenvalue weighted by atomic mass is 10.0. The maximum atomic E-state index is 13.9. The number of carbonyl (C=O) groups is 1. The zero-order chi connectivity index (χ0) is 20.9. The summed E-state index contributed by atoms with van der Waals surface area (Å²) in [6.45, 7) is 0.804. The Morgan fingerprint density at radius 2 is 1.93 bits per heavy atom. The molecule has 3 aromatic rings. The highest BCUT2D eigenvalue weighted by Crippen LogP contribution is 2.27. The van der Waals surface area contributed by atoms with Gasteiger partial charge in [-0.3, -0.25) is 4.79 Å². The lowest BCUT2D eigenvalue weighted by Gasteiger charge is -2.25. The SMILES string of the molecule is COc1ccc(C[C@@H]2CCCN2C(=O)CCc2ccc(-c3ccccc3F)o2)cc1. The van der Waals surface area contributed by atoms with Crippen LogP contribution >= 0.6 is 0 Å². The molecule has 1 amide bonds. The van der Waals surface area contributed by atoms with E-state index in [9.17, 15) is 9.18 Å². The van der Waals surface area contributed by atoms with E-state index in [1.54, 1.807) is 31.4 Å². The zero-order valence-electron chi connectivity index (χ0n) is 17.1. The molecular weight excluding hydrogens is 381 g/mol. The fraction of sp³-hybridized carbons (Fsp3) is 0.320. The third kappa shape index (κ3) is 4.56. The molecule has 0 aliphatic carbocycles. The highest BCUT2D eigenvalue weighted by molar-refractivity contribution is 5.77. The number of likely N-dealkylation sites (tertiary alicyclic amines) is 1. The highest BCUT2D eigenvalue weighted by Gasteiger charge is 2.28. The molecule has 1 aliphatic heterocycles. The van der Waals surface area contributed by atoms with Crippen molar-refractivity contribution in [2.75, 3.05) is 13.7 Å². The minimum absolute atomic E-state index is 0.148. The second-order valence-electron chi connectivity index (χ2n) is 7.68. The third-order valence-electron chi connectivity index (χ3n) is 5.71. The predicted octanol–water partition coefficient (Wildman–Crippen LogP) is 5.26. The lowest BCUT2D eigenvalue weighted by molar-refractivity contribution is -0.132. The van der Waals surface area contributed by atoms with Gasteiger partial charge in [0.15, 0.2) is 0 Å². The number of hydrogen-bond donors (Lipinski definition) is 0. The minimum atomic E-state index is -0.312. The smallest absolute Gasteiger partial charge is 0.223 e. The molecular formula is C25H26FNO3. The van der Waals surface area contributed by atoms with Gasteiger partial charge in [-0.05, 0) is 61.2 Å². The van der Waals surface area contributed by atoms with Crippen molar-refractivity contribution < 1.29 is 18.3 Å². The van der Waals surface area contributed by atoms with Gasteiger partial charge in [0.05, 0.1) is 12.7 Å². The number of benzene rings is 2. The van der Waals surface area contributed by atoms with Crippen molar-refractivity contribution in [3.8, 4) is 17.1 Å². The van der Waals surface area contributed by atoms with E-state index in [0.717, 1.165) is 31.6 Å². The zero-order valence-corrected chi connectivity index (χ0v) is 17.1. The van der Waals surface area contributed by atoms with Gasteiger partial charge in [-0.25, -0.2) is 4.39 Å². The van der Waals surface area contributed by atoms with Gasteiger partial charge in [0.1, 0.15) is 23.1 Å². The maximum Gasteiger partial charge on any atom is 0.223 e. The molecule has 0 N–H and O–H groups in total. The van der Waals surface area contributed by atoms with Crippen molar-refractivity contribution in [1.29, 1.82) is 0 Å². The number of methoxy groups -OCH3 is 1. The Hall–Kier alpha value is -3.08. The molecule has 30 heavy (non-hydrogen) atoms. The van der Waals surface area contributed by atoms with Crippen LogP contribution in [-0.4, -0.2) is 30.5 Å². The number of halogens is 1. The number of carbonyl (C=O) groups excluding carboxylic acids is 1. The molecule has 4 rings (SSSR count). The van der Waals surface area contributed by atoms with Crippen LogP contribution < -0.4 is 4.74 Å². The monoisotopic (exact) mass is 407 g/mol. The van der Waals surface area contributed by atoms with Crippen LogP contribution in [0.2, 0.25) is 0 Å². The van der Waals surface area contributed by atoms with Gasteiger partial charge in [0.2, 0.25) is 5.91 Å². The molecule has 1 saturated heterocycles. The Bertz CT molecular complexity index is 996. The van der Waals surface area contributed by atoms with Gasteiger partial charge in [0, 0.05) is 25.4 Å². The molecule has 0 unspecified atom stereocenters. The van der Waals surface area contributed by atoms with Crippen molar-refractivity contribution >= 4 is 5.91 Å². The molecule has 1 fully saturated rings. The summed E-state index contributed by atoms with van der Waals surface area (Å²) in [5.41, 5.74) is 1.65. The normalized spacial score (nSPS) is 16.1. The van der Waals surface area contributed by atoms with E-state index < -0.39 is 0 Å². The standard InChI is InChI=1S/C25H26FNO3/c1-29-20-10-8-18(9-11-20)17-19-5-4-16-27(19)25(28)15-13-21-12-14-24(30-21)22-6-2-3-7-23(22)26/h2-3,6-12,14,19H,4-5,13,15-17H2,1H3/t19-/m0/s1. The van der Waals surface area contributed by atoms with E-state index in [-0.39, 0.29) is 17.8 Å². The second-order valence-corrected chi connectivity index (χ2v) is 7.68. The molecule has 156 valence electrons. The van der Waals surface area contributed by atoms with E-state index in [2.05, 4.69) is 12.1 Å². The Morgan fingerprint density at radius 1 is 1.13 bits per heavy atom. The van der Waals surface area contributed by atoms with E-state index in [0.29, 0.717) is 29.9 Å². The lowest BCUT2D eigenvalue weighted by Crippen LogP contribution is -2.36. The molecule has 1 aliphatic rings. The number of hydrogen-bond acceptors (Lipinski definition) is 3. The minimum Gasteiger partial charge on any atom is -0.497 e. The first kappa shape index (κ1) is 20.2. The van der Waals surface area contributed by atoms with E-state index in [1.807, 2.05) is 23.1 Å². The van der Waals surface area contributed by atoms with Crippen molar-refractivity contribution in [2.24, 2.45) is 0 Å². The molecule has 2 aromatic carbocycles. The number of ether oxygens (including phenoxy) is 1. The van der Waals surface area contributed by atoms with E-state index >= 15 is 0 Å². The number of aryl methyl sites for hydroxylation is 1. The van der Waals surface area contributed by atoms with Gasteiger partial charge in [-0.2, -0.15) is 0 Å². The average Bonchev–Trinajstić information content (AvgIpc) is 3.43. The molecule has 1 aromatic heterocycles. The maximum absolute atomic E-state index is 13.9. The summed E-state index contributed by atoms with van der Waals surface area (Å²) in [6.07, 6.45) is 3.82. The molecule has 0 spiro atoms. The Balaban J connectivity index is 1.34. The van der Waals surface area contributed by atoms with Crippen LogP contribution in [0.1, 0.15) is 30.6 Å². The van der Waals surface area contributed by atoms with Crippen molar-refractivity contribution in [3.05, 3.63) is 77.8 Å². The first-order chi connectivity index (χ1) is 14.6. The summed E-state index contributed by atoms with van der Waals surface area (Å²) < 4.78 is 24.9. The summed E-state index contributed by atoms with van der Waals surface area (Å²) in [5, 5.41) is 0. The summed E-state index contributed by atoms with van der Waals surface area (Å²) in [6, 6.07) is 18.4. The quantitative estimate of drug-likeness (QED) is 0.536. The van der Waals surface area contributed by atoms with Crippen LogP contribution in [0.3, 0.4) is 0 Å². The van der Waals surface area contributed by atoms with E-state index in [4.69, 9.17) is 9.15 Å². The van der Waals surface area contributed by atoms with Crippen LogP contribution in [0.4, 0.5) is 4.39 Å². The summed E-state index contributed by atoms with van der Waals surface area (Å²) in [7, 11) is 1.66. The van der Waals surface area contributed by atoms with Crippen LogP contribution in [-0.2, 0) is 17.6 Å². The molecule has 0 saturated carbocycles. The first-order valence-electron chi connectivity index (χ1n) is 10.4. The summed E-state index contributed by atoms with van der Waals surface area (Å²) in [4.78, 5) is 14.9. The van der Waals surface area contributed by atoms with Crippen molar-refractivity contribution in [1.82, 2.24) is 4.90 Å². The number of nitrogens with zero attached hydrogens (tertiary/aromatic N) is 1. The topological polar surface area (TPSA) is 42.7 Å². The van der Waals surface area contributed by atoms with Gasteiger partial charge in [0.25, 0.3) is 0 Å². The van der Waals surface area contributed by atoms with Gasteiger partial charge >= 0.3 is 0 Å². The van der Waals surface area contributed by atoms with Crippen molar-refractivity contribution in [2.45, 2.75) is 38.1 Å². The predicted molar refractivity (Wildman–Crippen MR) is 114 cm³/mol. The Morgan fingerprint density at radius 3 is 2.70 bits per heavy atom. The Labute approximate surface area is 176 Å². The fourth-order valence-corrected chi connectivity index (χ4v) is 4.10. The average molecular weight is 407 g/mol. The molecule has 0 bridgehead atoms. The van der Waals surface area contributed by atoms with Crippen LogP contribution in [0, 0.1) is 5.82 Å². The largest absolute Gasteiger partial charge is 0.497 e. The molecule has 2 heterocycles. The van der Waals surface area contributed by atoms with Crippen LogP contribution in [0.25, 0.3) is 11.3 Å². The Kier molecular flexibility index (Phi) is 6.17. The molecule has 4 nitrogen and oxygen atoms in total. The van der Waals surface area contributed by atoms with Crippen molar-refractivity contribution in [3.63, 3.8) is 0 Å². The third-order valence-corrected chi connectivity index (χ3v) is 5.71. The number of amides is 1. The van der Waals surface area contributed by atoms with Gasteiger partial charge < -0.3 is 14.1 Å². The second kappa shape index (κ2) is 9.16. The number of furan rings is 1. The molecule has 5 heteroatoms. The van der Waals surface area contributed by atoms with Gasteiger partial charge in [-0.1, -0.05) is 24.3 Å². The number of rotatable bonds is 7. The fourth-order valence-electron chi connectivity index (χ4n) is 4.10. The first-order valence-corrected chi connectivity index (χ1v) is 10.4. The summed E-state index contributed by atoms with van der Waals surface area (Å²) >= 11 is 0. The molecule has 0 radical (unpaired) electrons.